The van der Waals surface area contributed by atoms with E-state index in [2.05, 4.69) is 0 Å². The Bertz CT molecular complexity index is 3760. The van der Waals surface area contributed by atoms with Crippen molar-refractivity contribution in [2.45, 2.75) is 18.6 Å². The van der Waals surface area contributed by atoms with Gasteiger partial charge in [-0.05, 0) is 34.4 Å². The van der Waals surface area contributed by atoms with Crippen LogP contribution in [-0.2, 0) is 37.7 Å². The van der Waals surface area contributed by atoms with Gasteiger partial charge in [0.1, 0.15) is 64.1 Å². The number of esters is 2. The molecule has 0 saturated heterocycles. The fourth-order valence-corrected chi connectivity index (χ4v) is 14.3. The van der Waals surface area contributed by atoms with E-state index in [1.54, 1.807) is 60.7 Å². The number of hydrogen-bond acceptors (Lipinski definition) is 16. The first-order valence-electron chi connectivity index (χ1n) is 20.6. The van der Waals surface area contributed by atoms with Crippen LogP contribution in [0.2, 0.25) is 0 Å². The number of fused-ring (bicyclic) bond motifs is 9. The number of nitrogens with zero attached hydrogens (tertiary/aromatic N) is 5. The third kappa shape index (κ3) is 6.41. The van der Waals surface area contributed by atoms with Crippen molar-refractivity contribution in [2.24, 2.45) is 15.7 Å². The van der Waals surface area contributed by atoms with Gasteiger partial charge in [-0.15, -0.1) is 45.3 Å². The van der Waals surface area contributed by atoms with Crippen LogP contribution in [0.15, 0.2) is 143 Å². The minimum absolute atomic E-state index is 0.0137. The average molecular weight is 959 g/mol. The number of rotatable bonds is 8. The minimum atomic E-state index is -2.17. The number of hydrogen-bond donors (Lipinski definition) is 1. The van der Waals surface area contributed by atoms with Gasteiger partial charge in [-0.2, -0.15) is 15.8 Å². The molecule has 4 heterocycles. The molecule has 0 saturated carbocycles. The number of ether oxygens (including phenoxy) is 2. The molecule has 0 atom stereocenters. The Morgan fingerprint density at radius 3 is 1.65 bits per heavy atom. The van der Waals surface area contributed by atoms with Gasteiger partial charge in [0.05, 0.1) is 23.9 Å². The number of carbonyl (C=O) groups excluding carboxylic acids is 4. The van der Waals surface area contributed by atoms with Crippen LogP contribution >= 0.6 is 45.3 Å². The van der Waals surface area contributed by atoms with Crippen molar-refractivity contribution in [3.63, 3.8) is 0 Å². The normalized spacial score (nSPS) is 16.0. The van der Waals surface area contributed by atoms with E-state index >= 15 is 9.59 Å². The standard InChI is InChI=1S/C52H26N6O6S4/c53-21-28(22-54)38-29-15-7-9-17-31(29)43(59)41(38)58-37-20-35-46(67-37)49-48(65-35)40-47(68-49)45-33(19-36(66-45)57-42-39(34(56)23-55)30-16-8-10-18-32(30)44(42)60)52(40,50(61)63-24-26-11-3-1-4-12-26)51(62)64-25-27-13-5-2-6-14-27/h1-20H,24-25,56H2/b39-34-,57-42?,58-41?. The lowest BCUT2D eigenvalue weighted by Gasteiger charge is -2.26. The van der Waals surface area contributed by atoms with E-state index in [4.69, 9.17) is 25.2 Å². The van der Waals surface area contributed by atoms with E-state index in [1.807, 2.05) is 78.9 Å². The van der Waals surface area contributed by atoms with Gasteiger partial charge in [-0.25, -0.2) is 9.98 Å². The van der Waals surface area contributed by atoms with Gasteiger partial charge in [0, 0.05) is 38.1 Å². The van der Waals surface area contributed by atoms with E-state index in [-0.39, 0.29) is 57.6 Å². The molecule has 0 spiro atoms. The number of Topliss-reactive ketones (excluding diaryl/α,β-unsaturated/α-hetero) is 2. The molecular formula is C52H26N6O6S4. The van der Waals surface area contributed by atoms with Crippen LogP contribution in [0.3, 0.4) is 0 Å². The van der Waals surface area contributed by atoms with Crippen molar-refractivity contribution in [1.29, 1.82) is 15.8 Å². The molecule has 4 aromatic heterocycles. The fourth-order valence-electron chi connectivity index (χ4n) is 8.80. The van der Waals surface area contributed by atoms with E-state index in [0.717, 1.165) is 14.1 Å². The van der Waals surface area contributed by atoms with Crippen molar-refractivity contribution in [3.8, 4) is 28.0 Å². The van der Waals surface area contributed by atoms with Crippen LogP contribution in [0.25, 0.3) is 39.7 Å². The van der Waals surface area contributed by atoms with E-state index < -0.39 is 28.9 Å². The van der Waals surface area contributed by atoms with Crippen LogP contribution in [0.5, 0.6) is 0 Å². The highest BCUT2D eigenvalue weighted by atomic mass is 32.1. The summed E-state index contributed by atoms with van der Waals surface area (Å²) < 4.78 is 15.2. The molecule has 0 fully saturated rings. The number of nitrogens with two attached hydrogens (primary N) is 1. The molecule has 0 amide bonds. The van der Waals surface area contributed by atoms with Gasteiger partial charge in [-0.1, -0.05) is 109 Å². The molecule has 0 bridgehead atoms. The second-order valence-electron chi connectivity index (χ2n) is 15.6. The van der Waals surface area contributed by atoms with Crippen molar-refractivity contribution in [2.75, 3.05) is 0 Å². The second-order valence-corrected chi connectivity index (χ2v) is 19.7. The Balaban J connectivity index is 1.11. The maximum Gasteiger partial charge on any atom is 0.333 e. The predicted octanol–water partition coefficient (Wildman–Crippen LogP) is 10.9. The molecule has 324 valence electrons. The first-order chi connectivity index (χ1) is 33.2. The van der Waals surface area contributed by atoms with E-state index in [0.29, 0.717) is 58.4 Å². The number of benzene rings is 4. The predicted molar refractivity (Wildman–Crippen MR) is 262 cm³/mol. The third-order valence-electron chi connectivity index (χ3n) is 11.8. The summed E-state index contributed by atoms with van der Waals surface area (Å²) in [6, 6.07) is 40.9. The maximum absolute atomic E-state index is 15.3. The van der Waals surface area contributed by atoms with Crippen molar-refractivity contribution in [3.05, 3.63) is 177 Å². The topological polar surface area (TPSA) is 209 Å². The quantitative estimate of drug-likeness (QED) is 0.0865. The van der Waals surface area contributed by atoms with Crippen molar-refractivity contribution >= 4 is 120 Å². The third-order valence-corrected chi connectivity index (χ3v) is 16.8. The van der Waals surface area contributed by atoms with Crippen LogP contribution in [-0.4, -0.2) is 34.9 Å². The molecule has 3 aliphatic rings. The largest absolute Gasteiger partial charge is 0.459 e. The number of allylic oxidation sites excluding steroid dienone is 4. The highest BCUT2D eigenvalue weighted by Gasteiger charge is 2.61. The highest BCUT2D eigenvalue weighted by molar-refractivity contribution is 7.41. The first-order valence-corrected chi connectivity index (χ1v) is 23.9. The number of aliphatic imine (C=N–C) groups is 2. The minimum Gasteiger partial charge on any atom is -0.459 e. The summed E-state index contributed by atoms with van der Waals surface area (Å²) in [6.07, 6.45) is 0. The van der Waals surface area contributed by atoms with Crippen LogP contribution in [0, 0.1) is 34.0 Å². The molecule has 0 unspecified atom stereocenters. The molecule has 12 nitrogen and oxygen atoms in total. The summed E-state index contributed by atoms with van der Waals surface area (Å²) in [5.41, 5.74) is 7.59. The van der Waals surface area contributed by atoms with Crippen LogP contribution in [0.4, 0.5) is 10.0 Å². The Morgan fingerprint density at radius 2 is 1.09 bits per heavy atom. The van der Waals surface area contributed by atoms with Crippen molar-refractivity contribution < 1.29 is 28.7 Å². The molecule has 68 heavy (non-hydrogen) atoms. The maximum atomic E-state index is 15.3. The van der Waals surface area contributed by atoms with Crippen molar-refractivity contribution in [1.82, 2.24) is 0 Å². The van der Waals surface area contributed by atoms with Gasteiger partial charge in [0.15, 0.2) is 0 Å². The second kappa shape index (κ2) is 16.5. The summed E-state index contributed by atoms with van der Waals surface area (Å²) in [4.78, 5) is 69.0. The number of nitriles is 3. The lowest BCUT2D eigenvalue weighted by molar-refractivity contribution is -0.164. The van der Waals surface area contributed by atoms with E-state index in [1.165, 1.54) is 45.3 Å². The fraction of sp³-hybridized carbons (Fsp3) is 0.0577. The Kier molecular flexibility index (Phi) is 10.2. The summed E-state index contributed by atoms with van der Waals surface area (Å²) in [5.74, 6) is -2.59. The number of thiophene rings is 4. The average Bonchev–Trinajstić information content (AvgIpc) is 4.24. The summed E-state index contributed by atoms with van der Waals surface area (Å²) in [7, 11) is 0. The lowest BCUT2D eigenvalue weighted by atomic mass is 9.79. The highest BCUT2D eigenvalue weighted by Crippen LogP contribution is 2.63. The summed E-state index contributed by atoms with van der Waals surface area (Å²) >= 11 is 5.16. The summed E-state index contributed by atoms with van der Waals surface area (Å²) in [5, 5.41) is 30.4. The van der Waals surface area contributed by atoms with Gasteiger partial charge in [0.2, 0.25) is 17.0 Å². The lowest BCUT2D eigenvalue weighted by Crippen LogP contribution is -2.45. The number of carbonyl (C=O) groups is 4. The zero-order valence-electron chi connectivity index (χ0n) is 34.9. The molecule has 8 aromatic rings. The zero-order valence-corrected chi connectivity index (χ0v) is 38.1. The summed E-state index contributed by atoms with van der Waals surface area (Å²) in [6.45, 7) is -0.304. The molecule has 16 heteroatoms. The molecule has 3 aliphatic carbocycles. The monoisotopic (exact) mass is 958 g/mol. The molecule has 0 aliphatic heterocycles. The molecular weight excluding hydrogens is 933 g/mol. The SMILES string of the molecule is N#CC(C#N)=C1C(=Nc2cc3sc4c5c(sc4c3s2)-c2sc(N=C3C(=O)c4ccccc4/C3=C(/N)C#N)cc2C5(C(=O)OCc2ccccc2)C(=O)OCc2ccccc2)C(=O)c2ccccc21. The van der Waals surface area contributed by atoms with E-state index in [9.17, 15) is 25.4 Å². The molecule has 0 radical (unpaired) electrons. The van der Waals surface area contributed by atoms with Gasteiger partial charge in [-0.3, -0.25) is 19.2 Å². The molecule has 4 aromatic carbocycles. The van der Waals surface area contributed by atoms with Crippen LogP contribution in [0.1, 0.15) is 54.1 Å². The smallest absolute Gasteiger partial charge is 0.333 e. The Hall–Kier alpha value is -8.43. The zero-order chi connectivity index (χ0) is 46.8. The molecule has 2 N–H and O–H groups in total. The van der Waals surface area contributed by atoms with Gasteiger partial charge in [0.25, 0.3) is 0 Å². The van der Waals surface area contributed by atoms with Gasteiger partial charge >= 0.3 is 11.9 Å². The first kappa shape index (κ1) is 42.2. The van der Waals surface area contributed by atoms with Crippen LogP contribution < -0.4 is 5.73 Å². The Labute approximate surface area is 401 Å². The Morgan fingerprint density at radius 1 is 0.574 bits per heavy atom. The number of ketones is 2. The van der Waals surface area contributed by atoms with Gasteiger partial charge < -0.3 is 15.2 Å². The molecule has 11 rings (SSSR count).